The number of pyridine rings is 1. The zero-order chi connectivity index (χ0) is 12.9. The minimum Gasteiger partial charge on any atom is -0.370 e. The Morgan fingerprint density at radius 1 is 1.35 bits per heavy atom. The third-order valence-corrected chi connectivity index (χ3v) is 3.07. The van der Waals surface area contributed by atoms with E-state index in [9.17, 15) is 13.2 Å². The van der Waals surface area contributed by atoms with Crippen molar-refractivity contribution < 1.29 is 13.2 Å². The molecule has 1 N–H and O–H groups in total. The second-order valence-corrected chi connectivity index (χ2v) is 4.67. The quantitative estimate of drug-likeness (QED) is 0.820. The van der Waals surface area contributed by atoms with Crippen LogP contribution in [0.3, 0.4) is 0 Å². The van der Waals surface area contributed by atoms with Crippen LogP contribution in [0.1, 0.15) is 24.8 Å². The number of rotatable bonds is 5. The van der Waals surface area contributed by atoms with Gasteiger partial charge in [-0.3, -0.25) is 0 Å². The summed E-state index contributed by atoms with van der Waals surface area (Å²) in [7, 11) is 0. The number of nitrogens with one attached hydrogen (secondary N) is 1. The fourth-order valence-electron chi connectivity index (χ4n) is 1.30. The van der Waals surface area contributed by atoms with Gasteiger partial charge >= 0.3 is 6.18 Å². The summed E-state index contributed by atoms with van der Waals surface area (Å²) in [5.41, 5.74) is 1.04. The van der Waals surface area contributed by atoms with Gasteiger partial charge in [0.15, 0.2) is 0 Å². The highest BCUT2D eigenvalue weighted by Gasteiger charge is 2.25. The van der Waals surface area contributed by atoms with E-state index >= 15 is 0 Å². The molecule has 0 atom stereocenters. The molecule has 0 aliphatic rings. The summed E-state index contributed by atoms with van der Waals surface area (Å²) in [6, 6.07) is 1.86. The van der Waals surface area contributed by atoms with Crippen molar-refractivity contribution in [3.63, 3.8) is 0 Å². The van der Waals surface area contributed by atoms with Crippen molar-refractivity contribution in [1.29, 1.82) is 0 Å². The van der Waals surface area contributed by atoms with Crippen LogP contribution >= 0.6 is 15.9 Å². The Morgan fingerprint density at radius 3 is 2.65 bits per heavy atom. The van der Waals surface area contributed by atoms with Gasteiger partial charge in [0.05, 0.1) is 0 Å². The largest absolute Gasteiger partial charge is 0.389 e. The topological polar surface area (TPSA) is 24.9 Å². The number of alkyl halides is 3. The first-order valence-corrected chi connectivity index (χ1v) is 6.10. The van der Waals surface area contributed by atoms with E-state index < -0.39 is 12.6 Å². The van der Waals surface area contributed by atoms with E-state index in [0.717, 1.165) is 10.0 Å². The van der Waals surface area contributed by atoms with E-state index in [1.54, 1.807) is 6.20 Å². The minimum absolute atomic E-state index is 0.145. The van der Waals surface area contributed by atoms with Crippen LogP contribution < -0.4 is 5.32 Å². The maximum absolute atomic E-state index is 11.9. The smallest absolute Gasteiger partial charge is 0.370 e. The molecule has 0 spiro atoms. The predicted octanol–water partition coefficient (Wildman–Crippen LogP) is 4.30. The van der Waals surface area contributed by atoms with Gasteiger partial charge in [-0.15, -0.1) is 0 Å². The number of aromatic nitrogens is 1. The molecule has 1 rings (SSSR count). The van der Waals surface area contributed by atoms with E-state index in [4.69, 9.17) is 0 Å². The van der Waals surface area contributed by atoms with Crippen molar-refractivity contribution in [2.24, 2.45) is 0 Å². The average molecular weight is 311 g/mol. The number of nitrogens with zero attached hydrogens (tertiary/aromatic N) is 1. The second kappa shape index (κ2) is 6.23. The number of anilines is 1. The van der Waals surface area contributed by atoms with Gasteiger partial charge in [0.1, 0.15) is 5.82 Å². The third kappa shape index (κ3) is 5.91. The molecule has 0 saturated heterocycles. The van der Waals surface area contributed by atoms with Gasteiger partial charge in [0.25, 0.3) is 0 Å². The lowest BCUT2D eigenvalue weighted by atomic mass is 10.2. The van der Waals surface area contributed by atoms with Crippen LogP contribution in [0.2, 0.25) is 0 Å². The van der Waals surface area contributed by atoms with Gasteiger partial charge in [0.2, 0.25) is 0 Å². The first kappa shape index (κ1) is 14.3. The second-order valence-electron chi connectivity index (χ2n) is 3.82. The van der Waals surface area contributed by atoms with Crippen LogP contribution in [0.15, 0.2) is 16.7 Å². The Kier molecular flexibility index (Phi) is 5.24. The molecule has 0 fully saturated rings. The van der Waals surface area contributed by atoms with Gasteiger partial charge in [-0.1, -0.05) is 0 Å². The van der Waals surface area contributed by atoms with Crippen LogP contribution in [-0.2, 0) is 0 Å². The first-order chi connectivity index (χ1) is 7.88. The molecule has 0 saturated carbocycles. The molecule has 1 aromatic heterocycles. The highest BCUT2D eigenvalue weighted by atomic mass is 79.9. The van der Waals surface area contributed by atoms with E-state index in [-0.39, 0.29) is 6.42 Å². The number of unbranched alkanes of at least 4 members (excludes halogenated alkanes) is 1. The molecule has 6 heteroatoms. The zero-order valence-corrected chi connectivity index (χ0v) is 11.0. The van der Waals surface area contributed by atoms with Gasteiger partial charge in [0, 0.05) is 23.6 Å². The van der Waals surface area contributed by atoms with Crippen LogP contribution in [0.4, 0.5) is 19.0 Å². The number of halogens is 4. The molecule has 0 aromatic carbocycles. The normalized spacial score (nSPS) is 11.6. The Morgan fingerprint density at radius 2 is 2.06 bits per heavy atom. The summed E-state index contributed by atoms with van der Waals surface area (Å²) in [6.45, 7) is 2.44. The monoisotopic (exact) mass is 310 g/mol. The maximum Gasteiger partial charge on any atom is 0.389 e. The molecule has 1 aromatic rings. The lowest BCUT2D eigenvalue weighted by Gasteiger charge is -2.08. The van der Waals surface area contributed by atoms with E-state index in [0.29, 0.717) is 18.8 Å². The first-order valence-electron chi connectivity index (χ1n) is 5.31. The molecule has 0 aliphatic heterocycles. The number of aryl methyl sites for hydroxylation is 1. The van der Waals surface area contributed by atoms with Crippen molar-refractivity contribution >= 4 is 21.7 Å². The van der Waals surface area contributed by atoms with Gasteiger partial charge in [-0.25, -0.2) is 4.98 Å². The minimum atomic E-state index is -4.05. The summed E-state index contributed by atoms with van der Waals surface area (Å²) >= 11 is 3.33. The van der Waals surface area contributed by atoms with Crippen LogP contribution in [0, 0.1) is 6.92 Å². The molecule has 0 unspecified atom stereocenters. The highest BCUT2D eigenvalue weighted by Crippen LogP contribution is 2.22. The Balaban J connectivity index is 2.25. The number of hydrogen-bond donors (Lipinski definition) is 1. The molecule has 0 aliphatic carbocycles. The maximum atomic E-state index is 11.9. The summed E-state index contributed by atoms with van der Waals surface area (Å²) < 4.78 is 36.5. The fourth-order valence-corrected chi connectivity index (χ4v) is 1.52. The zero-order valence-electron chi connectivity index (χ0n) is 9.44. The Bertz CT molecular complexity index is 366. The molecular formula is C11H14BrF3N2. The predicted molar refractivity (Wildman–Crippen MR) is 65.1 cm³/mol. The van der Waals surface area contributed by atoms with Crippen molar-refractivity contribution in [3.8, 4) is 0 Å². The van der Waals surface area contributed by atoms with E-state index in [1.165, 1.54) is 0 Å². The molecule has 1 heterocycles. The van der Waals surface area contributed by atoms with Crippen molar-refractivity contribution in [1.82, 2.24) is 4.98 Å². The molecule has 2 nitrogen and oxygen atoms in total. The lowest BCUT2D eigenvalue weighted by Crippen LogP contribution is -2.09. The Labute approximate surface area is 107 Å². The summed E-state index contributed by atoms with van der Waals surface area (Å²) in [5, 5.41) is 3.00. The molecule has 17 heavy (non-hydrogen) atoms. The van der Waals surface area contributed by atoms with E-state index in [2.05, 4.69) is 26.2 Å². The number of hydrogen-bond acceptors (Lipinski definition) is 2. The Hall–Kier alpha value is -0.780. The molecule has 0 amide bonds. The van der Waals surface area contributed by atoms with Crippen molar-refractivity contribution in [3.05, 3.63) is 22.3 Å². The average Bonchev–Trinajstić information content (AvgIpc) is 2.21. The van der Waals surface area contributed by atoms with Gasteiger partial charge in [-0.05, 0) is 47.3 Å². The summed E-state index contributed by atoms with van der Waals surface area (Å²) in [4.78, 5) is 4.11. The lowest BCUT2D eigenvalue weighted by molar-refractivity contribution is -0.135. The molecule has 96 valence electrons. The summed E-state index contributed by atoms with van der Waals surface area (Å²) in [6.07, 6.45) is -2.47. The van der Waals surface area contributed by atoms with Crippen LogP contribution in [0.5, 0.6) is 0 Å². The molecule has 0 radical (unpaired) electrons. The SMILES string of the molecule is Cc1cc(NCCCCC(F)(F)F)ncc1Br. The van der Waals surface area contributed by atoms with E-state index in [1.807, 2.05) is 13.0 Å². The standard InChI is InChI=1S/C11H14BrF3N2/c1-8-6-10(17-7-9(8)12)16-5-3-2-4-11(13,14)15/h6-7H,2-5H2,1H3,(H,16,17). The van der Waals surface area contributed by atoms with Gasteiger partial charge < -0.3 is 5.32 Å². The molecular weight excluding hydrogens is 297 g/mol. The summed E-state index contributed by atoms with van der Waals surface area (Å²) in [5.74, 6) is 0.692. The molecule has 0 bridgehead atoms. The highest BCUT2D eigenvalue weighted by molar-refractivity contribution is 9.10. The van der Waals surface area contributed by atoms with Crippen LogP contribution in [0.25, 0.3) is 0 Å². The van der Waals surface area contributed by atoms with Crippen molar-refractivity contribution in [2.75, 3.05) is 11.9 Å². The van der Waals surface area contributed by atoms with Crippen molar-refractivity contribution in [2.45, 2.75) is 32.4 Å². The van der Waals surface area contributed by atoms with Gasteiger partial charge in [-0.2, -0.15) is 13.2 Å². The fraction of sp³-hybridized carbons (Fsp3) is 0.545. The third-order valence-electron chi connectivity index (χ3n) is 2.24. The van der Waals surface area contributed by atoms with Crippen LogP contribution in [-0.4, -0.2) is 17.7 Å².